The van der Waals surface area contributed by atoms with Gasteiger partial charge in [-0.1, -0.05) is 5.92 Å². The third-order valence-corrected chi connectivity index (χ3v) is 3.44. The molecule has 1 heterocycles. The second-order valence-corrected chi connectivity index (χ2v) is 5.88. The highest BCUT2D eigenvalue weighted by Gasteiger charge is 2.18. The van der Waals surface area contributed by atoms with Crippen molar-refractivity contribution >= 4 is 10.1 Å². The zero-order chi connectivity index (χ0) is 12.0. The van der Waals surface area contributed by atoms with Crippen LogP contribution < -0.4 is 0 Å². The predicted octanol–water partition coefficient (Wildman–Crippen LogP) is 0.698. The van der Waals surface area contributed by atoms with Gasteiger partial charge in [-0.15, -0.1) is 6.42 Å². The molecule has 0 saturated carbocycles. The molecular weight excluding hydrogens is 226 g/mol. The van der Waals surface area contributed by atoms with E-state index in [-0.39, 0.29) is 0 Å². The first-order valence-corrected chi connectivity index (χ1v) is 7.33. The van der Waals surface area contributed by atoms with E-state index in [0.29, 0.717) is 19.1 Å². The number of hydrogen-bond acceptors (Lipinski definition) is 4. The molecule has 0 radical (unpaired) electrons. The summed E-state index contributed by atoms with van der Waals surface area (Å²) in [5.41, 5.74) is 0. The molecule has 0 unspecified atom stereocenters. The molecule has 1 rings (SSSR count). The van der Waals surface area contributed by atoms with E-state index in [1.165, 1.54) is 0 Å². The smallest absolute Gasteiger partial charge is 0.264 e. The predicted molar refractivity (Wildman–Crippen MR) is 63.4 cm³/mol. The van der Waals surface area contributed by atoms with Crippen LogP contribution in [0.2, 0.25) is 0 Å². The van der Waals surface area contributed by atoms with Crippen molar-refractivity contribution in [3.05, 3.63) is 0 Å². The molecule has 0 bridgehead atoms. The second kappa shape index (κ2) is 6.24. The lowest BCUT2D eigenvalue weighted by Gasteiger charge is -2.30. The molecule has 0 aromatic carbocycles. The van der Waals surface area contributed by atoms with E-state index >= 15 is 0 Å². The van der Waals surface area contributed by atoms with E-state index in [0.717, 1.165) is 38.6 Å². The fourth-order valence-electron chi connectivity index (χ4n) is 1.93. The molecule has 92 valence electrons. The van der Waals surface area contributed by atoms with Gasteiger partial charge in [-0.05, 0) is 38.3 Å². The Balaban J connectivity index is 2.16. The summed E-state index contributed by atoms with van der Waals surface area (Å²) >= 11 is 0. The Kier molecular flexibility index (Phi) is 5.26. The first kappa shape index (κ1) is 13.5. The van der Waals surface area contributed by atoms with Crippen LogP contribution in [0.25, 0.3) is 0 Å². The van der Waals surface area contributed by atoms with Crippen molar-refractivity contribution in [2.75, 3.05) is 32.5 Å². The van der Waals surface area contributed by atoms with Crippen LogP contribution in [0.5, 0.6) is 0 Å². The van der Waals surface area contributed by atoms with Crippen molar-refractivity contribution in [2.24, 2.45) is 5.92 Å². The quantitative estimate of drug-likeness (QED) is 0.528. The fraction of sp³-hybridized carbons (Fsp3) is 0.818. The number of hydrogen-bond donors (Lipinski definition) is 0. The molecule has 0 N–H and O–H groups in total. The van der Waals surface area contributed by atoms with Gasteiger partial charge in [0.15, 0.2) is 0 Å². The van der Waals surface area contributed by atoms with Gasteiger partial charge in [0.05, 0.1) is 19.4 Å². The Morgan fingerprint density at radius 3 is 2.56 bits per heavy atom. The lowest BCUT2D eigenvalue weighted by atomic mass is 9.94. The highest BCUT2D eigenvalue weighted by molar-refractivity contribution is 7.85. The van der Waals surface area contributed by atoms with Crippen molar-refractivity contribution in [2.45, 2.75) is 19.3 Å². The molecular formula is C11H19NO3S. The lowest BCUT2D eigenvalue weighted by Crippen LogP contribution is -2.34. The Hall–Kier alpha value is -0.570. The maximum Gasteiger partial charge on any atom is 0.264 e. The minimum atomic E-state index is -3.28. The molecule has 16 heavy (non-hydrogen) atoms. The van der Waals surface area contributed by atoms with E-state index in [1.807, 2.05) is 0 Å². The maximum absolute atomic E-state index is 10.8. The van der Waals surface area contributed by atoms with Crippen LogP contribution in [-0.4, -0.2) is 45.8 Å². The third-order valence-electron chi connectivity index (χ3n) is 2.85. The molecule has 0 amide bonds. The van der Waals surface area contributed by atoms with Gasteiger partial charge in [-0.3, -0.25) is 9.08 Å². The monoisotopic (exact) mass is 245 g/mol. The Morgan fingerprint density at radius 1 is 1.44 bits per heavy atom. The normalized spacial score (nSPS) is 19.5. The molecule has 0 aliphatic carbocycles. The van der Waals surface area contributed by atoms with Crippen LogP contribution in [0.15, 0.2) is 0 Å². The van der Waals surface area contributed by atoms with Gasteiger partial charge in [0.1, 0.15) is 0 Å². The SMILES string of the molecule is C#CCN1CCC(CCOS(C)(=O)=O)CC1. The van der Waals surface area contributed by atoms with Crippen LogP contribution in [0.1, 0.15) is 19.3 Å². The average molecular weight is 245 g/mol. The summed E-state index contributed by atoms with van der Waals surface area (Å²) in [5, 5.41) is 0. The lowest BCUT2D eigenvalue weighted by molar-refractivity contribution is 0.178. The summed E-state index contributed by atoms with van der Waals surface area (Å²) in [7, 11) is -3.28. The summed E-state index contributed by atoms with van der Waals surface area (Å²) in [5.74, 6) is 3.20. The van der Waals surface area contributed by atoms with Gasteiger partial charge in [0.2, 0.25) is 0 Å². The number of terminal acetylenes is 1. The molecule has 1 fully saturated rings. The molecule has 0 spiro atoms. The van der Waals surface area contributed by atoms with Crippen molar-refractivity contribution in [3.8, 4) is 12.3 Å². The van der Waals surface area contributed by atoms with Crippen molar-refractivity contribution < 1.29 is 12.6 Å². The minimum Gasteiger partial charge on any atom is -0.292 e. The first-order chi connectivity index (χ1) is 7.51. The highest BCUT2D eigenvalue weighted by Crippen LogP contribution is 2.20. The van der Waals surface area contributed by atoms with Gasteiger partial charge in [-0.25, -0.2) is 0 Å². The topological polar surface area (TPSA) is 46.6 Å². The summed E-state index contributed by atoms with van der Waals surface area (Å²) in [4.78, 5) is 2.24. The van der Waals surface area contributed by atoms with Gasteiger partial charge in [-0.2, -0.15) is 8.42 Å². The largest absolute Gasteiger partial charge is 0.292 e. The van der Waals surface area contributed by atoms with E-state index in [9.17, 15) is 8.42 Å². The second-order valence-electron chi connectivity index (χ2n) is 4.24. The van der Waals surface area contributed by atoms with Crippen LogP contribution in [0.3, 0.4) is 0 Å². The number of likely N-dealkylation sites (tertiary alicyclic amines) is 1. The molecule has 1 aliphatic rings. The zero-order valence-electron chi connectivity index (χ0n) is 9.68. The Morgan fingerprint density at radius 2 is 2.06 bits per heavy atom. The minimum absolute atomic E-state index is 0.304. The van der Waals surface area contributed by atoms with Crippen LogP contribution in [0, 0.1) is 18.3 Å². The third kappa shape index (κ3) is 5.50. The highest BCUT2D eigenvalue weighted by atomic mass is 32.2. The van der Waals surface area contributed by atoms with Crippen molar-refractivity contribution in [3.63, 3.8) is 0 Å². The zero-order valence-corrected chi connectivity index (χ0v) is 10.5. The van der Waals surface area contributed by atoms with Crippen molar-refractivity contribution in [1.82, 2.24) is 4.90 Å². The summed E-state index contributed by atoms with van der Waals surface area (Å²) in [6.07, 6.45) is 9.30. The Bertz CT molecular complexity index is 337. The maximum atomic E-state index is 10.8. The summed E-state index contributed by atoms with van der Waals surface area (Å²) < 4.78 is 26.2. The molecule has 1 saturated heterocycles. The van der Waals surface area contributed by atoms with Gasteiger partial charge < -0.3 is 0 Å². The molecule has 5 heteroatoms. The summed E-state index contributed by atoms with van der Waals surface area (Å²) in [6.45, 7) is 3.03. The van der Waals surface area contributed by atoms with E-state index in [2.05, 4.69) is 10.8 Å². The van der Waals surface area contributed by atoms with E-state index in [4.69, 9.17) is 10.6 Å². The fourth-order valence-corrected chi connectivity index (χ4v) is 2.33. The molecule has 0 aromatic heterocycles. The van der Waals surface area contributed by atoms with Gasteiger partial charge >= 0.3 is 0 Å². The molecule has 4 nitrogen and oxygen atoms in total. The summed E-state index contributed by atoms with van der Waals surface area (Å²) in [6, 6.07) is 0. The van der Waals surface area contributed by atoms with Gasteiger partial charge in [0.25, 0.3) is 10.1 Å². The Labute approximate surface area is 98.1 Å². The van der Waals surface area contributed by atoms with Crippen LogP contribution in [-0.2, 0) is 14.3 Å². The number of nitrogens with zero attached hydrogens (tertiary/aromatic N) is 1. The molecule has 0 aromatic rings. The number of piperidine rings is 1. The first-order valence-electron chi connectivity index (χ1n) is 5.51. The molecule has 1 aliphatic heterocycles. The van der Waals surface area contributed by atoms with Gasteiger partial charge in [0, 0.05) is 0 Å². The molecule has 0 atom stereocenters. The van der Waals surface area contributed by atoms with Crippen LogP contribution in [0.4, 0.5) is 0 Å². The van der Waals surface area contributed by atoms with Crippen LogP contribution >= 0.6 is 0 Å². The average Bonchev–Trinajstić information content (AvgIpc) is 2.19. The standard InChI is InChI=1S/C11H19NO3S/c1-3-7-12-8-4-11(5-9-12)6-10-15-16(2,13)14/h1,11H,4-10H2,2H3. The van der Waals surface area contributed by atoms with E-state index < -0.39 is 10.1 Å². The van der Waals surface area contributed by atoms with Crippen molar-refractivity contribution in [1.29, 1.82) is 0 Å². The van der Waals surface area contributed by atoms with E-state index in [1.54, 1.807) is 0 Å². The number of rotatable bonds is 5.